The zero-order valence-corrected chi connectivity index (χ0v) is 24.4. The van der Waals surface area contributed by atoms with Gasteiger partial charge in [-0.05, 0) is 36.8 Å². The fourth-order valence-electron chi connectivity index (χ4n) is 6.47. The topological polar surface area (TPSA) is 110 Å². The quantitative estimate of drug-likeness (QED) is 0.293. The maximum absolute atomic E-state index is 10.5. The van der Waals surface area contributed by atoms with Crippen LogP contribution in [-0.4, -0.2) is 34.9 Å². The van der Waals surface area contributed by atoms with Gasteiger partial charge < -0.3 is 17.8 Å². The van der Waals surface area contributed by atoms with Gasteiger partial charge in [0, 0.05) is 32.9 Å². The number of nitriles is 2. The molecule has 4 heterocycles. The van der Waals surface area contributed by atoms with Gasteiger partial charge in [-0.1, -0.05) is 60.7 Å². The van der Waals surface area contributed by atoms with Crippen molar-refractivity contribution in [1.82, 2.24) is 18.9 Å². The number of benzene rings is 4. The minimum Gasteiger partial charge on any atom is -0.435 e. The molecule has 0 N–H and O–H groups in total. The van der Waals surface area contributed by atoms with Gasteiger partial charge in [0.1, 0.15) is 34.3 Å². The van der Waals surface area contributed by atoms with Crippen LogP contribution in [0.5, 0.6) is 0 Å². The molecule has 0 aliphatic rings. The van der Waals surface area contributed by atoms with Crippen LogP contribution in [0.2, 0.25) is 0 Å². The highest BCUT2D eigenvalue weighted by Gasteiger charge is 2.24. The molecule has 8 rings (SSSR count). The predicted octanol–water partition coefficient (Wildman–Crippen LogP) is 3.89. The minimum absolute atomic E-state index is 0.251. The lowest BCUT2D eigenvalue weighted by atomic mass is 10.1. The number of hydrogen-bond donors (Lipinski definition) is 0. The van der Waals surface area contributed by atoms with Crippen molar-refractivity contribution in [2.24, 2.45) is 0 Å². The average Bonchev–Trinajstić information content (AvgIpc) is 3.79. The summed E-state index contributed by atoms with van der Waals surface area (Å²) in [6, 6.07) is 28.5. The Morgan fingerprint density at radius 3 is 1.45 bits per heavy atom. The summed E-state index contributed by atoms with van der Waals surface area (Å²) in [5.74, 6) is 0.503. The molecule has 4 aromatic carbocycles. The van der Waals surface area contributed by atoms with E-state index in [2.05, 4.69) is 12.1 Å². The summed E-state index contributed by atoms with van der Waals surface area (Å²) >= 11 is 0. The number of nitrogens with zero attached hydrogens (tertiary/aromatic N) is 6. The summed E-state index contributed by atoms with van der Waals surface area (Å²) in [5.41, 5.74) is 5.06. The molecule has 0 aliphatic heterocycles. The smallest absolute Gasteiger partial charge is 0.240 e. The second-order valence-corrected chi connectivity index (χ2v) is 11.0. The first-order valence-corrected chi connectivity index (χ1v) is 14.2. The molecule has 8 nitrogen and oxygen atoms in total. The van der Waals surface area contributed by atoms with Crippen LogP contribution >= 0.6 is 0 Å². The molecule has 206 valence electrons. The Balaban J connectivity index is 1.46. The highest BCUT2D eigenvalue weighted by Crippen LogP contribution is 2.30. The van der Waals surface area contributed by atoms with Gasteiger partial charge in [-0.2, -0.15) is 10.5 Å². The summed E-state index contributed by atoms with van der Waals surface area (Å²) in [5, 5.41) is 28.2. The van der Waals surface area contributed by atoms with Gasteiger partial charge in [-0.15, -0.1) is 0 Å². The highest BCUT2D eigenvalue weighted by molar-refractivity contribution is 6.15. The van der Waals surface area contributed by atoms with Gasteiger partial charge in [-0.3, -0.25) is 0 Å². The zero-order chi connectivity index (χ0) is 30.3. The maximum atomic E-state index is 10.5. The summed E-state index contributed by atoms with van der Waals surface area (Å²) in [6.07, 6.45) is 0. The monoisotopic (exact) mass is 568 g/mol. The second kappa shape index (κ2) is 9.26. The number of aryl methyl sites for hydroxylation is 2. The Kier molecular flexibility index (Phi) is 5.41. The predicted molar refractivity (Wildman–Crippen MR) is 176 cm³/mol. The molecule has 0 saturated carbocycles. The Morgan fingerprint density at radius 2 is 1.05 bits per heavy atom. The molecule has 0 bridgehead atoms. The van der Waals surface area contributed by atoms with Crippen LogP contribution in [-0.2, 0) is 0 Å². The normalized spacial score (nSPS) is 13.2. The summed E-state index contributed by atoms with van der Waals surface area (Å²) in [6.45, 7) is 3.97. The van der Waals surface area contributed by atoms with Crippen LogP contribution in [0.1, 0.15) is 23.2 Å². The second-order valence-electron chi connectivity index (χ2n) is 11.0. The van der Waals surface area contributed by atoms with E-state index in [1.54, 1.807) is 0 Å². The van der Waals surface area contributed by atoms with E-state index in [1.165, 1.54) is 0 Å². The van der Waals surface area contributed by atoms with E-state index >= 15 is 0 Å². The lowest BCUT2D eigenvalue weighted by molar-refractivity contribution is 0.585. The van der Waals surface area contributed by atoms with Crippen LogP contribution in [0.15, 0.2) is 81.6 Å². The minimum atomic E-state index is 0.251. The molecule has 0 spiro atoms. The maximum Gasteiger partial charge on any atom is 0.240 e. The van der Waals surface area contributed by atoms with E-state index < -0.39 is 0 Å². The molecule has 0 radical (unpaired) electrons. The van der Waals surface area contributed by atoms with Crippen LogP contribution in [0.25, 0.3) is 65.7 Å². The van der Waals surface area contributed by atoms with Gasteiger partial charge in [-0.25, -0.2) is 9.97 Å². The number of rotatable bonds is 2. The summed E-state index contributed by atoms with van der Waals surface area (Å²) in [4.78, 5) is 9.65. The largest absolute Gasteiger partial charge is 0.435 e. The third-order valence-electron chi connectivity index (χ3n) is 8.82. The van der Waals surface area contributed by atoms with Crippen molar-refractivity contribution in [3.8, 4) is 12.1 Å². The molecule has 8 aromatic rings. The zero-order valence-electron chi connectivity index (χ0n) is 24.4. The Labute approximate surface area is 252 Å². The van der Waals surface area contributed by atoms with Gasteiger partial charge in [0.25, 0.3) is 0 Å². The molecule has 0 aliphatic carbocycles. The molecule has 0 unspecified atom stereocenters. The number of fused-ring (bicyclic) bond motifs is 7. The van der Waals surface area contributed by atoms with E-state index in [1.807, 2.05) is 112 Å². The summed E-state index contributed by atoms with van der Waals surface area (Å²) in [7, 11) is 3.84. The Morgan fingerprint density at radius 1 is 0.636 bits per heavy atom. The fourth-order valence-corrected chi connectivity index (χ4v) is 6.47. The van der Waals surface area contributed by atoms with Gasteiger partial charge >= 0.3 is 0 Å². The van der Waals surface area contributed by atoms with E-state index in [4.69, 9.17) is 18.8 Å². The van der Waals surface area contributed by atoms with Gasteiger partial charge in [0.15, 0.2) is 11.2 Å². The van der Waals surface area contributed by atoms with E-state index in [9.17, 15) is 10.5 Å². The number of oxazole rings is 2. The number of hydrogen-bond acceptors (Lipinski definition) is 6. The molecule has 44 heavy (non-hydrogen) atoms. The first kappa shape index (κ1) is 25.7. The van der Waals surface area contributed by atoms with Gasteiger partial charge in [0.05, 0.1) is 10.7 Å². The SMILES string of the molecule is Bn1c(C)c2/c(=C(\C#N)c3nc4c(ccc5ccccc54)o3)n(B)c(C)c2/c1=C(\C#N)c1nc2c(ccc3ccccc32)o1. The van der Waals surface area contributed by atoms with Crippen LogP contribution < -0.4 is 10.7 Å². The van der Waals surface area contributed by atoms with Crippen molar-refractivity contribution in [2.45, 2.75) is 13.8 Å². The van der Waals surface area contributed by atoms with Crippen LogP contribution in [0.4, 0.5) is 0 Å². The van der Waals surface area contributed by atoms with Crippen molar-refractivity contribution in [2.75, 3.05) is 0 Å². The molecule has 0 amide bonds. The molecular weight excluding hydrogens is 546 g/mol. The highest BCUT2D eigenvalue weighted by atomic mass is 16.4. The first-order valence-electron chi connectivity index (χ1n) is 14.2. The van der Waals surface area contributed by atoms with E-state index in [-0.39, 0.29) is 11.8 Å². The van der Waals surface area contributed by atoms with E-state index in [0.29, 0.717) is 44.0 Å². The van der Waals surface area contributed by atoms with Crippen molar-refractivity contribution in [3.63, 3.8) is 0 Å². The van der Waals surface area contributed by atoms with Crippen molar-refractivity contribution < 1.29 is 8.83 Å². The molecular formula is C34H22B2N6O2. The average molecular weight is 568 g/mol. The van der Waals surface area contributed by atoms with Gasteiger partial charge in [0.2, 0.25) is 27.7 Å². The van der Waals surface area contributed by atoms with Crippen LogP contribution in [0.3, 0.4) is 0 Å². The molecule has 0 atom stereocenters. The van der Waals surface area contributed by atoms with Crippen molar-refractivity contribution in [3.05, 3.63) is 107 Å². The Bertz CT molecular complexity index is 2560. The standard InChI is InChI=1S/C34H22B2N6O2/c1-17-27-28(32(41(17)35)24(16-38)34-40-30-22-10-6-4-8-20(22)12-14-26(30)44-34)18(2)42(36)31(27)23(15-37)33-39-29-21-9-5-3-7-19(21)11-13-25(29)43-33/h3-14H,35-36H2,1-2H3/b31-23-,32-24-. The first-order chi connectivity index (χ1) is 21.4. The molecule has 0 fully saturated rings. The lowest BCUT2D eigenvalue weighted by Gasteiger charge is -2.04. The third-order valence-corrected chi connectivity index (χ3v) is 8.82. The third kappa shape index (κ3) is 3.40. The van der Waals surface area contributed by atoms with Crippen molar-refractivity contribution in [1.29, 1.82) is 10.5 Å². The fraction of sp³-hybridized carbons (Fsp3) is 0.0588. The number of aromatic nitrogens is 4. The summed E-state index contributed by atoms with van der Waals surface area (Å²) < 4.78 is 16.4. The molecule has 4 aromatic heterocycles. The molecule has 0 saturated heterocycles. The van der Waals surface area contributed by atoms with Crippen LogP contribution in [0, 0.1) is 36.5 Å². The molecule has 10 heteroatoms. The lowest BCUT2D eigenvalue weighted by Crippen LogP contribution is -2.23. The van der Waals surface area contributed by atoms with E-state index in [0.717, 1.165) is 43.7 Å². The van der Waals surface area contributed by atoms with Crippen molar-refractivity contribution >= 4 is 81.6 Å². The Hall–Kier alpha value is -5.99.